The summed E-state index contributed by atoms with van der Waals surface area (Å²) in [6, 6.07) is 12.7. The molecule has 140 valence electrons. The number of halogens is 1. The number of hydrogen-bond acceptors (Lipinski definition) is 4. The highest BCUT2D eigenvalue weighted by Gasteiger charge is 2.22. The molecule has 0 spiro atoms. The number of para-hydroxylation sites is 1. The summed E-state index contributed by atoms with van der Waals surface area (Å²) in [5, 5.41) is 0.634. The van der Waals surface area contributed by atoms with Gasteiger partial charge in [-0.3, -0.25) is 14.2 Å². The number of nitrogens with zero attached hydrogens (tertiary/aromatic N) is 2. The quantitative estimate of drug-likeness (QED) is 0.346. The van der Waals surface area contributed by atoms with Crippen LogP contribution in [-0.4, -0.2) is 20.6 Å². The molecule has 27 heavy (non-hydrogen) atoms. The molecule has 1 aromatic heterocycles. The van der Waals surface area contributed by atoms with Gasteiger partial charge in [-0.15, -0.1) is 0 Å². The Morgan fingerprint density at radius 2 is 1.81 bits per heavy atom. The van der Waals surface area contributed by atoms with Gasteiger partial charge in [-0.2, -0.15) is 0 Å². The molecule has 0 fully saturated rings. The fourth-order valence-corrected chi connectivity index (χ4v) is 3.93. The second-order valence-corrected chi connectivity index (χ2v) is 7.78. The molecule has 0 aliphatic rings. The van der Waals surface area contributed by atoms with Gasteiger partial charge in [0, 0.05) is 11.6 Å². The van der Waals surface area contributed by atoms with Crippen LogP contribution in [0.5, 0.6) is 0 Å². The van der Waals surface area contributed by atoms with Crippen LogP contribution in [0.15, 0.2) is 58.5 Å². The summed E-state index contributed by atoms with van der Waals surface area (Å²) in [6.45, 7) is 5.75. The van der Waals surface area contributed by atoms with Gasteiger partial charge in [-0.25, -0.2) is 9.37 Å². The van der Waals surface area contributed by atoms with Crippen LogP contribution in [0.4, 0.5) is 4.39 Å². The minimum absolute atomic E-state index is 0.0368. The number of rotatable bonds is 6. The van der Waals surface area contributed by atoms with Gasteiger partial charge in [-0.05, 0) is 56.7 Å². The Hall–Kier alpha value is -2.47. The summed E-state index contributed by atoms with van der Waals surface area (Å²) in [6.07, 6.45) is 0.772. The predicted molar refractivity (Wildman–Crippen MR) is 107 cm³/mol. The number of hydrogen-bond donors (Lipinski definition) is 0. The molecule has 0 aliphatic heterocycles. The van der Waals surface area contributed by atoms with Crippen LogP contribution in [0.2, 0.25) is 0 Å². The maximum Gasteiger partial charge on any atom is 0.262 e. The lowest BCUT2D eigenvalue weighted by molar-refractivity contribution is 0.0993. The summed E-state index contributed by atoms with van der Waals surface area (Å²) in [7, 11) is 0. The molecule has 0 unspecified atom stereocenters. The Morgan fingerprint density at radius 3 is 2.48 bits per heavy atom. The van der Waals surface area contributed by atoms with E-state index >= 15 is 0 Å². The fraction of sp³-hybridized carbons (Fsp3) is 0.286. The zero-order valence-electron chi connectivity index (χ0n) is 15.5. The van der Waals surface area contributed by atoms with E-state index in [4.69, 9.17) is 0 Å². The molecular formula is C21H21FN2O2S. The van der Waals surface area contributed by atoms with E-state index in [0.29, 0.717) is 21.6 Å². The van der Waals surface area contributed by atoms with E-state index in [9.17, 15) is 14.0 Å². The minimum atomic E-state index is -0.459. The first-order valence-corrected chi connectivity index (χ1v) is 9.78. The van der Waals surface area contributed by atoms with Crippen LogP contribution in [0, 0.1) is 5.82 Å². The van der Waals surface area contributed by atoms with Gasteiger partial charge >= 0.3 is 0 Å². The smallest absolute Gasteiger partial charge is 0.262 e. The molecule has 3 rings (SSSR count). The lowest BCUT2D eigenvalue weighted by Crippen LogP contribution is -2.27. The maximum absolute atomic E-state index is 13.1. The van der Waals surface area contributed by atoms with Gasteiger partial charge in [0.1, 0.15) is 5.82 Å². The molecule has 0 N–H and O–H groups in total. The number of thioether (sulfide) groups is 1. The highest BCUT2D eigenvalue weighted by molar-refractivity contribution is 8.00. The van der Waals surface area contributed by atoms with Crippen molar-refractivity contribution in [2.75, 3.05) is 0 Å². The van der Waals surface area contributed by atoms with E-state index < -0.39 is 5.25 Å². The molecule has 1 heterocycles. The molecule has 4 nitrogen and oxygen atoms in total. The van der Waals surface area contributed by atoms with Crippen LogP contribution in [-0.2, 0) is 0 Å². The number of benzene rings is 2. The summed E-state index contributed by atoms with van der Waals surface area (Å²) in [5.74, 6) is -0.508. The summed E-state index contributed by atoms with van der Waals surface area (Å²) in [4.78, 5) is 30.3. The van der Waals surface area contributed by atoms with Crippen molar-refractivity contribution in [1.82, 2.24) is 9.55 Å². The van der Waals surface area contributed by atoms with Crippen LogP contribution < -0.4 is 5.56 Å². The van der Waals surface area contributed by atoms with Crippen molar-refractivity contribution in [2.24, 2.45) is 0 Å². The standard InChI is InChI=1S/C21H21FN2O2S/c1-4-13(2)24-20(26)17-7-5-6-8-18(17)23-21(24)27-14(3)19(25)15-9-11-16(22)12-10-15/h5-14H,4H2,1-3H3/t13-,14+/m1/s1. The second-order valence-electron chi connectivity index (χ2n) is 6.48. The third-order valence-corrected chi connectivity index (χ3v) is 5.65. The van der Waals surface area contributed by atoms with Crippen molar-refractivity contribution in [2.45, 2.75) is 43.6 Å². The average molecular weight is 384 g/mol. The number of Topliss-reactive ketones (excluding diaryl/α,β-unsaturated/α-hetero) is 1. The van der Waals surface area contributed by atoms with Gasteiger partial charge in [0.25, 0.3) is 5.56 Å². The molecule has 0 saturated heterocycles. The van der Waals surface area contributed by atoms with Crippen molar-refractivity contribution in [3.05, 3.63) is 70.3 Å². The van der Waals surface area contributed by atoms with Gasteiger partial charge in [-0.1, -0.05) is 30.8 Å². The first-order chi connectivity index (χ1) is 12.9. The molecule has 2 atom stereocenters. The van der Waals surface area contributed by atoms with E-state index in [1.807, 2.05) is 26.0 Å². The van der Waals surface area contributed by atoms with Crippen LogP contribution in [0.25, 0.3) is 10.9 Å². The van der Waals surface area contributed by atoms with E-state index in [-0.39, 0.29) is 23.2 Å². The summed E-state index contributed by atoms with van der Waals surface area (Å²) >= 11 is 1.26. The lowest BCUT2D eigenvalue weighted by Gasteiger charge is -2.20. The molecule has 0 amide bonds. The molecule has 0 saturated carbocycles. The molecule has 0 aliphatic carbocycles. The maximum atomic E-state index is 13.1. The predicted octanol–water partition coefficient (Wildman–Crippen LogP) is 4.87. The largest absolute Gasteiger partial charge is 0.293 e. The van der Waals surface area contributed by atoms with Crippen LogP contribution >= 0.6 is 11.8 Å². The van der Waals surface area contributed by atoms with Crippen molar-refractivity contribution < 1.29 is 9.18 Å². The average Bonchev–Trinajstić information content (AvgIpc) is 2.67. The van der Waals surface area contributed by atoms with E-state index in [1.54, 1.807) is 23.6 Å². The molecule has 6 heteroatoms. The molecule has 0 radical (unpaired) electrons. The van der Waals surface area contributed by atoms with Crippen molar-refractivity contribution >= 4 is 28.4 Å². The highest BCUT2D eigenvalue weighted by atomic mass is 32.2. The topological polar surface area (TPSA) is 52.0 Å². The first-order valence-electron chi connectivity index (χ1n) is 8.90. The van der Waals surface area contributed by atoms with Crippen LogP contribution in [0.3, 0.4) is 0 Å². The molecule has 0 bridgehead atoms. The van der Waals surface area contributed by atoms with Crippen molar-refractivity contribution in [3.8, 4) is 0 Å². The van der Waals surface area contributed by atoms with Crippen molar-refractivity contribution in [3.63, 3.8) is 0 Å². The number of carbonyl (C=O) groups is 1. The Morgan fingerprint density at radius 1 is 1.15 bits per heavy atom. The monoisotopic (exact) mass is 384 g/mol. The van der Waals surface area contributed by atoms with Gasteiger partial charge < -0.3 is 0 Å². The van der Waals surface area contributed by atoms with E-state index in [2.05, 4.69) is 4.98 Å². The summed E-state index contributed by atoms with van der Waals surface area (Å²) in [5.41, 5.74) is 0.958. The Bertz CT molecular complexity index is 1030. The first kappa shape index (κ1) is 19.3. The lowest BCUT2D eigenvalue weighted by atomic mass is 10.1. The number of ketones is 1. The molecular weight excluding hydrogens is 363 g/mol. The van der Waals surface area contributed by atoms with E-state index in [1.165, 1.54) is 36.0 Å². The summed E-state index contributed by atoms with van der Waals surface area (Å²) < 4.78 is 14.8. The van der Waals surface area contributed by atoms with Crippen molar-refractivity contribution in [1.29, 1.82) is 0 Å². The van der Waals surface area contributed by atoms with Gasteiger partial charge in [0.2, 0.25) is 0 Å². The van der Waals surface area contributed by atoms with Gasteiger partial charge in [0.15, 0.2) is 10.9 Å². The normalized spacial score (nSPS) is 13.5. The molecule has 3 aromatic rings. The zero-order chi connectivity index (χ0) is 19.6. The van der Waals surface area contributed by atoms with Gasteiger partial charge in [0.05, 0.1) is 16.2 Å². The third kappa shape index (κ3) is 3.95. The van der Waals surface area contributed by atoms with E-state index in [0.717, 1.165) is 6.42 Å². The highest BCUT2D eigenvalue weighted by Crippen LogP contribution is 2.27. The Kier molecular flexibility index (Phi) is 5.75. The second kappa shape index (κ2) is 8.05. The number of fused-ring (bicyclic) bond motifs is 1. The fourth-order valence-electron chi connectivity index (χ4n) is 2.84. The van der Waals surface area contributed by atoms with Crippen LogP contribution in [0.1, 0.15) is 43.6 Å². The zero-order valence-corrected chi connectivity index (χ0v) is 16.3. The Balaban J connectivity index is 2.01. The molecule has 2 aromatic carbocycles. The third-order valence-electron chi connectivity index (χ3n) is 4.59. The number of carbonyl (C=O) groups excluding carboxylic acids is 1. The minimum Gasteiger partial charge on any atom is -0.293 e. The Labute approximate surface area is 161 Å². The number of aromatic nitrogens is 2. The SMILES string of the molecule is CC[C@@H](C)n1c(S[C@@H](C)C(=O)c2ccc(F)cc2)nc2ccccc2c1=O.